The zero-order chi connectivity index (χ0) is 14.9. The lowest BCUT2D eigenvalue weighted by Crippen LogP contribution is -2.21. The standard InChI is InChI=1S/C11H14O3.C3H7NO/c1-11(2,3)14-13-10(12)9-7-5-4-6-8-9;1-2-3(4)5/h4-8H,1-3H3;2H2,1H3,(H2,4,5). The van der Waals surface area contributed by atoms with Crippen molar-refractivity contribution in [2.45, 2.75) is 39.7 Å². The summed E-state index contributed by atoms with van der Waals surface area (Å²) in [7, 11) is 0. The highest BCUT2D eigenvalue weighted by Crippen LogP contribution is 2.09. The fraction of sp³-hybridized carbons (Fsp3) is 0.429. The van der Waals surface area contributed by atoms with Crippen LogP contribution in [-0.4, -0.2) is 17.5 Å². The minimum atomic E-state index is -0.482. The SMILES string of the molecule is CC(C)(C)OOC(=O)c1ccccc1.CCC(N)=O. The zero-order valence-electron chi connectivity index (χ0n) is 11.8. The first kappa shape index (κ1) is 17.1. The van der Waals surface area contributed by atoms with Crippen LogP contribution in [-0.2, 0) is 14.6 Å². The van der Waals surface area contributed by atoms with Crippen molar-refractivity contribution in [3.63, 3.8) is 0 Å². The van der Waals surface area contributed by atoms with Gasteiger partial charge in [0.15, 0.2) is 0 Å². The van der Waals surface area contributed by atoms with Gasteiger partial charge in [-0.3, -0.25) is 9.68 Å². The summed E-state index contributed by atoms with van der Waals surface area (Å²) in [4.78, 5) is 30.5. The second-order valence-electron chi connectivity index (χ2n) is 4.75. The predicted molar refractivity (Wildman–Crippen MR) is 72.2 cm³/mol. The van der Waals surface area contributed by atoms with E-state index < -0.39 is 11.6 Å². The summed E-state index contributed by atoms with van der Waals surface area (Å²) in [5.74, 6) is -0.717. The summed E-state index contributed by atoms with van der Waals surface area (Å²) in [6.07, 6.45) is 0.444. The van der Waals surface area contributed by atoms with E-state index in [1.165, 1.54) is 0 Å². The summed E-state index contributed by atoms with van der Waals surface area (Å²) in [5.41, 5.74) is 4.65. The highest BCUT2D eigenvalue weighted by atomic mass is 17.2. The number of hydrogen-bond acceptors (Lipinski definition) is 4. The van der Waals surface area contributed by atoms with Gasteiger partial charge in [-0.15, -0.1) is 0 Å². The van der Waals surface area contributed by atoms with E-state index in [1.54, 1.807) is 31.2 Å². The van der Waals surface area contributed by atoms with E-state index >= 15 is 0 Å². The number of carbonyl (C=O) groups excluding carboxylic acids is 2. The Kier molecular flexibility index (Phi) is 7.44. The molecule has 1 aromatic rings. The first-order valence-corrected chi connectivity index (χ1v) is 5.99. The maximum absolute atomic E-state index is 11.3. The molecular formula is C14H21NO4. The van der Waals surface area contributed by atoms with E-state index in [-0.39, 0.29) is 5.91 Å². The van der Waals surface area contributed by atoms with Crippen LogP contribution in [0.25, 0.3) is 0 Å². The molecule has 0 aliphatic carbocycles. The molecule has 0 radical (unpaired) electrons. The molecule has 19 heavy (non-hydrogen) atoms. The molecule has 1 aromatic carbocycles. The van der Waals surface area contributed by atoms with Crippen LogP contribution in [0.15, 0.2) is 30.3 Å². The van der Waals surface area contributed by atoms with Gasteiger partial charge in [0.25, 0.3) is 0 Å². The summed E-state index contributed by atoms with van der Waals surface area (Å²) in [5, 5.41) is 0. The Hall–Kier alpha value is -1.88. The van der Waals surface area contributed by atoms with Crippen molar-refractivity contribution in [2.75, 3.05) is 0 Å². The van der Waals surface area contributed by atoms with E-state index in [9.17, 15) is 9.59 Å². The Morgan fingerprint density at radius 2 is 1.63 bits per heavy atom. The van der Waals surface area contributed by atoms with Gasteiger partial charge in [0.1, 0.15) is 5.60 Å². The van der Waals surface area contributed by atoms with Gasteiger partial charge in [-0.05, 0) is 32.9 Å². The maximum Gasteiger partial charge on any atom is 0.373 e. The number of nitrogens with two attached hydrogens (primary N) is 1. The minimum Gasteiger partial charge on any atom is -0.370 e. The average Bonchev–Trinajstić information content (AvgIpc) is 2.37. The molecule has 5 heteroatoms. The van der Waals surface area contributed by atoms with Crippen LogP contribution in [0.2, 0.25) is 0 Å². The molecule has 0 aliphatic rings. The normalized spacial score (nSPS) is 10.1. The molecule has 0 saturated heterocycles. The summed E-state index contributed by atoms with van der Waals surface area (Å²) in [6, 6.07) is 8.73. The molecule has 0 aromatic heterocycles. The lowest BCUT2D eigenvalue weighted by atomic mass is 10.2. The lowest BCUT2D eigenvalue weighted by molar-refractivity contribution is -0.301. The fourth-order valence-electron chi connectivity index (χ4n) is 0.785. The fourth-order valence-corrected chi connectivity index (χ4v) is 0.785. The highest BCUT2D eigenvalue weighted by molar-refractivity contribution is 5.88. The molecule has 1 rings (SSSR count). The van der Waals surface area contributed by atoms with Crippen molar-refractivity contribution in [3.05, 3.63) is 35.9 Å². The van der Waals surface area contributed by atoms with Gasteiger partial charge < -0.3 is 5.73 Å². The molecule has 0 atom stereocenters. The third-order valence-electron chi connectivity index (χ3n) is 1.73. The second kappa shape index (κ2) is 8.26. The topological polar surface area (TPSA) is 78.6 Å². The average molecular weight is 267 g/mol. The minimum absolute atomic E-state index is 0.245. The van der Waals surface area contributed by atoms with Gasteiger partial charge in [-0.2, -0.15) is 4.89 Å². The Morgan fingerprint density at radius 1 is 1.16 bits per heavy atom. The van der Waals surface area contributed by atoms with Crippen molar-refractivity contribution in [2.24, 2.45) is 5.73 Å². The van der Waals surface area contributed by atoms with Crippen molar-refractivity contribution < 1.29 is 19.4 Å². The molecule has 0 unspecified atom stereocenters. The molecule has 0 saturated carbocycles. The first-order valence-electron chi connectivity index (χ1n) is 5.99. The smallest absolute Gasteiger partial charge is 0.370 e. The van der Waals surface area contributed by atoms with Gasteiger partial charge in [-0.25, -0.2) is 4.79 Å². The monoisotopic (exact) mass is 267 g/mol. The van der Waals surface area contributed by atoms with E-state index in [2.05, 4.69) is 10.6 Å². The van der Waals surface area contributed by atoms with Crippen molar-refractivity contribution in [3.8, 4) is 0 Å². The van der Waals surface area contributed by atoms with Gasteiger partial charge in [0.05, 0.1) is 5.56 Å². The number of rotatable bonds is 3. The molecule has 0 bridgehead atoms. The molecule has 2 N–H and O–H groups in total. The number of primary amides is 1. The van der Waals surface area contributed by atoms with E-state index in [1.807, 2.05) is 26.8 Å². The van der Waals surface area contributed by atoms with Crippen LogP contribution < -0.4 is 5.73 Å². The summed E-state index contributed by atoms with van der Waals surface area (Å²) < 4.78 is 0. The first-order chi connectivity index (χ1) is 8.76. The molecule has 1 amide bonds. The predicted octanol–water partition coefficient (Wildman–Crippen LogP) is 2.46. The van der Waals surface area contributed by atoms with Crippen molar-refractivity contribution in [1.29, 1.82) is 0 Å². The maximum atomic E-state index is 11.3. The van der Waals surface area contributed by atoms with Crippen LogP contribution in [0.3, 0.4) is 0 Å². The van der Waals surface area contributed by atoms with Crippen LogP contribution in [0, 0.1) is 0 Å². The number of hydrogen-bond donors (Lipinski definition) is 1. The van der Waals surface area contributed by atoms with Crippen molar-refractivity contribution >= 4 is 11.9 Å². The highest BCUT2D eigenvalue weighted by Gasteiger charge is 2.15. The van der Waals surface area contributed by atoms with Crippen LogP contribution in [0.4, 0.5) is 0 Å². The largest absolute Gasteiger partial charge is 0.373 e. The Bertz CT molecular complexity index is 396. The Balaban J connectivity index is 0.000000555. The number of amides is 1. The van der Waals surface area contributed by atoms with E-state index in [0.29, 0.717) is 12.0 Å². The van der Waals surface area contributed by atoms with E-state index in [4.69, 9.17) is 4.89 Å². The zero-order valence-corrected chi connectivity index (χ0v) is 11.8. The molecule has 0 heterocycles. The second-order valence-corrected chi connectivity index (χ2v) is 4.75. The number of carbonyl (C=O) groups is 2. The van der Waals surface area contributed by atoms with Gasteiger partial charge in [0, 0.05) is 6.42 Å². The summed E-state index contributed by atoms with van der Waals surface area (Å²) >= 11 is 0. The van der Waals surface area contributed by atoms with Crippen LogP contribution >= 0.6 is 0 Å². The van der Waals surface area contributed by atoms with E-state index in [0.717, 1.165) is 0 Å². The van der Waals surface area contributed by atoms with Gasteiger partial charge in [-0.1, -0.05) is 25.1 Å². The molecule has 106 valence electrons. The lowest BCUT2D eigenvalue weighted by Gasteiger charge is -2.16. The Morgan fingerprint density at radius 3 is 2.00 bits per heavy atom. The summed E-state index contributed by atoms with van der Waals surface area (Å²) in [6.45, 7) is 7.16. The molecule has 0 fully saturated rings. The molecule has 5 nitrogen and oxygen atoms in total. The van der Waals surface area contributed by atoms with Crippen LogP contribution in [0.5, 0.6) is 0 Å². The molecular weight excluding hydrogens is 246 g/mol. The molecule has 0 aliphatic heterocycles. The quantitative estimate of drug-likeness (QED) is 0.674. The molecule has 0 spiro atoms. The third kappa shape index (κ3) is 9.79. The van der Waals surface area contributed by atoms with Crippen molar-refractivity contribution in [1.82, 2.24) is 0 Å². The van der Waals surface area contributed by atoms with Gasteiger partial charge >= 0.3 is 5.97 Å². The third-order valence-corrected chi connectivity index (χ3v) is 1.73. The number of benzene rings is 1. The van der Waals surface area contributed by atoms with Gasteiger partial charge in [0.2, 0.25) is 5.91 Å². The van der Waals surface area contributed by atoms with Crippen LogP contribution in [0.1, 0.15) is 44.5 Å². The Labute approximate surface area is 113 Å².